The van der Waals surface area contributed by atoms with E-state index < -0.39 is 0 Å². The van der Waals surface area contributed by atoms with Crippen molar-refractivity contribution in [1.82, 2.24) is 20.0 Å². The zero-order chi connectivity index (χ0) is 18.0. The fourth-order valence-corrected chi connectivity index (χ4v) is 4.20. The van der Waals surface area contributed by atoms with Gasteiger partial charge in [-0.25, -0.2) is 9.67 Å². The molecular weight excluding hydrogens is 322 g/mol. The number of hydrogen-bond acceptors (Lipinski definition) is 2. The summed E-state index contributed by atoms with van der Waals surface area (Å²) in [6.45, 7) is 8.03. The summed E-state index contributed by atoms with van der Waals surface area (Å²) in [7, 11) is 0. The molecule has 26 heavy (non-hydrogen) atoms. The van der Waals surface area contributed by atoms with Crippen molar-refractivity contribution in [1.29, 1.82) is 0 Å². The summed E-state index contributed by atoms with van der Waals surface area (Å²) in [4.78, 5) is 7.43. The second kappa shape index (κ2) is 7.14. The molecule has 1 spiro atoms. The Morgan fingerprint density at radius 1 is 1.23 bits per heavy atom. The number of aromatic nitrogens is 2. The number of nitrogens with zero attached hydrogens (tertiary/aromatic N) is 4. The van der Waals surface area contributed by atoms with E-state index in [4.69, 9.17) is 4.99 Å². The fourth-order valence-electron chi connectivity index (χ4n) is 4.20. The summed E-state index contributed by atoms with van der Waals surface area (Å²) in [5.41, 5.74) is 3.92. The van der Waals surface area contributed by atoms with E-state index in [1.807, 2.05) is 23.9 Å². The summed E-state index contributed by atoms with van der Waals surface area (Å²) in [5.74, 6) is 1.06. The Hall–Kier alpha value is -2.30. The number of likely N-dealkylation sites (tertiary alicyclic amines) is 1. The van der Waals surface area contributed by atoms with Crippen LogP contribution in [-0.2, 0) is 6.54 Å². The maximum absolute atomic E-state index is 4.97. The Balaban J connectivity index is 1.54. The first-order chi connectivity index (χ1) is 12.7. The zero-order valence-electron chi connectivity index (χ0n) is 15.9. The molecule has 5 heteroatoms. The molecule has 0 atom stereocenters. The number of benzene rings is 1. The van der Waals surface area contributed by atoms with E-state index in [9.17, 15) is 0 Å². The predicted molar refractivity (Wildman–Crippen MR) is 106 cm³/mol. The van der Waals surface area contributed by atoms with Crippen LogP contribution in [0.25, 0.3) is 5.69 Å². The van der Waals surface area contributed by atoms with Gasteiger partial charge in [0.05, 0.1) is 17.9 Å². The standard InChI is InChI=1S/C21H29N5/c1-3-22-20(25-14-12-21(16-25)10-6-11-21)23-15-18-7-4-5-8-19(18)26-13-9-17(2)24-26/h4-5,7-9,13H,3,6,10-12,14-16H2,1-2H3,(H,22,23). The molecule has 1 saturated carbocycles. The molecule has 0 unspecified atom stereocenters. The number of aliphatic imine (C=N–C) groups is 1. The number of hydrogen-bond donors (Lipinski definition) is 1. The summed E-state index contributed by atoms with van der Waals surface area (Å²) in [6.07, 6.45) is 7.53. The second-order valence-corrected chi connectivity index (χ2v) is 7.73. The third-order valence-electron chi connectivity index (χ3n) is 5.85. The summed E-state index contributed by atoms with van der Waals surface area (Å²) >= 11 is 0. The average Bonchev–Trinajstić information content (AvgIpc) is 3.25. The first-order valence-electron chi connectivity index (χ1n) is 9.83. The van der Waals surface area contributed by atoms with Gasteiger partial charge < -0.3 is 10.2 Å². The lowest BCUT2D eigenvalue weighted by Gasteiger charge is -2.38. The number of rotatable bonds is 4. The monoisotopic (exact) mass is 351 g/mol. The summed E-state index contributed by atoms with van der Waals surface area (Å²) in [5, 5.41) is 8.06. The van der Waals surface area contributed by atoms with Crippen LogP contribution in [-0.4, -0.2) is 40.3 Å². The van der Waals surface area contributed by atoms with Crippen LogP contribution >= 0.6 is 0 Å². The van der Waals surface area contributed by atoms with Crippen molar-refractivity contribution in [2.45, 2.75) is 46.1 Å². The molecule has 5 nitrogen and oxygen atoms in total. The van der Waals surface area contributed by atoms with Gasteiger partial charge in [0.25, 0.3) is 0 Å². The summed E-state index contributed by atoms with van der Waals surface area (Å²) < 4.78 is 1.95. The maximum Gasteiger partial charge on any atom is 0.194 e. The molecule has 1 aliphatic carbocycles. The Morgan fingerprint density at radius 2 is 2.08 bits per heavy atom. The molecule has 0 amide bonds. The Morgan fingerprint density at radius 3 is 2.73 bits per heavy atom. The molecule has 1 aliphatic heterocycles. The SMILES string of the molecule is CCNC(=NCc1ccccc1-n1ccc(C)n1)N1CCC2(CCC2)C1. The minimum Gasteiger partial charge on any atom is -0.357 e. The lowest BCUT2D eigenvalue weighted by atomic mass is 9.68. The van der Waals surface area contributed by atoms with Gasteiger partial charge in [-0.15, -0.1) is 0 Å². The smallest absolute Gasteiger partial charge is 0.194 e. The van der Waals surface area contributed by atoms with E-state index >= 15 is 0 Å². The lowest BCUT2D eigenvalue weighted by molar-refractivity contribution is 0.151. The largest absolute Gasteiger partial charge is 0.357 e. The first-order valence-corrected chi connectivity index (χ1v) is 9.83. The van der Waals surface area contributed by atoms with Crippen molar-refractivity contribution in [3.05, 3.63) is 47.8 Å². The van der Waals surface area contributed by atoms with E-state index in [-0.39, 0.29) is 0 Å². The van der Waals surface area contributed by atoms with Crippen LogP contribution in [0.15, 0.2) is 41.5 Å². The van der Waals surface area contributed by atoms with Gasteiger partial charge in [-0.05, 0) is 56.2 Å². The second-order valence-electron chi connectivity index (χ2n) is 7.73. The normalized spacial score (nSPS) is 19.0. The van der Waals surface area contributed by atoms with Crippen LogP contribution in [0.1, 0.15) is 43.9 Å². The lowest BCUT2D eigenvalue weighted by Crippen LogP contribution is -2.42. The molecule has 0 radical (unpaired) electrons. The Bertz CT molecular complexity index is 787. The molecule has 1 saturated heterocycles. The average molecular weight is 351 g/mol. The molecule has 4 rings (SSSR count). The highest BCUT2D eigenvalue weighted by Crippen LogP contribution is 2.47. The molecule has 1 aromatic carbocycles. The predicted octanol–water partition coefficient (Wildman–Crippen LogP) is 3.52. The van der Waals surface area contributed by atoms with E-state index in [0.717, 1.165) is 30.4 Å². The number of para-hydroxylation sites is 1. The molecule has 1 aromatic heterocycles. The molecular formula is C21H29N5. The van der Waals surface area contributed by atoms with Crippen molar-refractivity contribution in [3.8, 4) is 5.69 Å². The van der Waals surface area contributed by atoms with Gasteiger partial charge in [0.1, 0.15) is 0 Å². The van der Waals surface area contributed by atoms with Gasteiger partial charge >= 0.3 is 0 Å². The van der Waals surface area contributed by atoms with Crippen LogP contribution in [0.3, 0.4) is 0 Å². The van der Waals surface area contributed by atoms with E-state index in [2.05, 4.69) is 46.5 Å². The van der Waals surface area contributed by atoms with Gasteiger partial charge in [0.2, 0.25) is 0 Å². The molecule has 0 bridgehead atoms. The van der Waals surface area contributed by atoms with Gasteiger partial charge in [-0.1, -0.05) is 24.6 Å². The Labute approximate surface area is 156 Å². The van der Waals surface area contributed by atoms with E-state index in [1.54, 1.807) is 0 Å². The van der Waals surface area contributed by atoms with Gasteiger partial charge in [0.15, 0.2) is 5.96 Å². The third kappa shape index (κ3) is 3.35. The zero-order valence-corrected chi connectivity index (χ0v) is 15.9. The van der Waals surface area contributed by atoms with Gasteiger partial charge in [0, 0.05) is 25.8 Å². The maximum atomic E-state index is 4.97. The van der Waals surface area contributed by atoms with Crippen LogP contribution in [0, 0.1) is 12.3 Å². The van der Waals surface area contributed by atoms with Crippen LogP contribution in [0.4, 0.5) is 0 Å². The topological polar surface area (TPSA) is 45.5 Å². The number of nitrogens with one attached hydrogen (secondary N) is 1. The number of guanidine groups is 1. The van der Waals surface area contributed by atoms with Crippen molar-refractivity contribution in [3.63, 3.8) is 0 Å². The molecule has 138 valence electrons. The minimum atomic E-state index is 0.584. The van der Waals surface area contributed by atoms with Crippen LogP contribution < -0.4 is 5.32 Å². The molecule has 2 aromatic rings. The Kier molecular flexibility index (Phi) is 4.70. The van der Waals surface area contributed by atoms with E-state index in [1.165, 1.54) is 37.8 Å². The third-order valence-corrected chi connectivity index (χ3v) is 5.85. The van der Waals surface area contributed by atoms with Crippen LogP contribution in [0.5, 0.6) is 0 Å². The molecule has 2 heterocycles. The molecule has 1 N–H and O–H groups in total. The van der Waals surface area contributed by atoms with Crippen molar-refractivity contribution in [2.75, 3.05) is 19.6 Å². The van der Waals surface area contributed by atoms with E-state index in [0.29, 0.717) is 12.0 Å². The summed E-state index contributed by atoms with van der Waals surface area (Å²) in [6, 6.07) is 10.4. The van der Waals surface area contributed by atoms with Crippen LogP contribution in [0.2, 0.25) is 0 Å². The van der Waals surface area contributed by atoms with Gasteiger partial charge in [-0.3, -0.25) is 0 Å². The molecule has 2 aliphatic rings. The van der Waals surface area contributed by atoms with Crippen molar-refractivity contribution in [2.24, 2.45) is 10.4 Å². The molecule has 2 fully saturated rings. The van der Waals surface area contributed by atoms with Crippen molar-refractivity contribution < 1.29 is 0 Å². The fraction of sp³-hybridized carbons (Fsp3) is 0.524. The number of aryl methyl sites for hydroxylation is 1. The quantitative estimate of drug-likeness (QED) is 0.677. The van der Waals surface area contributed by atoms with Crippen molar-refractivity contribution >= 4 is 5.96 Å². The first kappa shape index (κ1) is 17.1. The highest BCUT2D eigenvalue weighted by atomic mass is 15.3. The highest BCUT2D eigenvalue weighted by molar-refractivity contribution is 5.80. The van der Waals surface area contributed by atoms with Gasteiger partial charge in [-0.2, -0.15) is 5.10 Å². The minimum absolute atomic E-state index is 0.584. The highest BCUT2D eigenvalue weighted by Gasteiger charge is 2.43.